The van der Waals surface area contributed by atoms with Crippen LogP contribution in [0.5, 0.6) is 0 Å². The van der Waals surface area contributed by atoms with E-state index in [1.165, 1.54) is 6.08 Å². The van der Waals surface area contributed by atoms with Crippen LogP contribution >= 0.6 is 0 Å². The van der Waals surface area contributed by atoms with Gasteiger partial charge in [-0.25, -0.2) is 4.79 Å². The lowest BCUT2D eigenvalue weighted by molar-refractivity contribution is -0.160. The maximum absolute atomic E-state index is 13.3. The quantitative estimate of drug-likeness (QED) is 0.315. The van der Waals surface area contributed by atoms with Gasteiger partial charge in [-0.05, 0) is 56.1 Å². The van der Waals surface area contributed by atoms with Crippen LogP contribution in [0.15, 0.2) is 35.5 Å². The number of allylic oxidation sites excluding steroid dienone is 2. The summed E-state index contributed by atoms with van der Waals surface area (Å²) in [6.07, 6.45) is 3.98. The van der Waals surface area contributed by atoms with Gasteiger partial charge in [-0.3, -0.25) is 9.59 Å². The molecule has 172 valence electrons. The fraction of sp³-hybridized carbons (Fsp3) is 0.654. The number of ketones is 1. The predicted octanol–water partition coefficient (Wildman–Crippen LogP) is 5.21. The van der Waals surface area contributed by atoms with E-state index >= 15 is 0 Å². The molecular formula is C26H38O5. The van der Waals surface area contributed by atoms with Gasteiger partial charge >= 0.3 is 11.9 Å². The Morgan fingerprint density at radius 2 is 1.81 bits per heavy atom. The van der Waals surface area contributed by atoms with Gasteiger partial charge in [-0.2, -0.15) is 0 Å². The summed E-state index contributed by atoms with van der Waals surface area (Å²) in [5, 5.41) is 0. The van der Waals surface area contributed by atoms with E-state index in [2.05, 4.69) is 20.4 Å². The topological polar surface area (TPSA) is 69.7 Å². The lowest BCUT2D eigenvalue weighted by Crippen LogP contribution is -2.43. The Morgan fingerprint density at radius 3 is 2.32 bits per heavy atom. The fourth-order valence-electron chi connectivity index (χ4n) is 4.71. The van der Waals surface area contributed by atoms with Crippen LogP contribution in [0.2, 0.25) is 0 Å². The third kappa shape index (κ3) is 5.19. The molecule has 0 radical (unpaired) electrons. The Morgan fingerprint density at radius 1 is 1.16 bits per heavy atom. The monoisotopic (exact) mass is 430 g/mol. The number of carbonyl (C=O) groups excluding carboxylic acids is 3. The fourth-order valence-corrected chi connectivity index (χ4v) is 4.71. The predicted molar refractivity (Wildman–Crippen MR) is 121 cm³/mol. The number of hydrogen-bond donors (Lipinski definition) is 0. The molecule has 2 aliphatic rings. The second-order valence-corrected chi connectivity index (χ2v) is 9.31. The first-order valence-corrected chi connectivity index (χ1v) is 11.5. The first kappa shape index (κ1) is 25.1. The summed E-state index contributed by atoms with van der Waals surface area (Å²) in [5.74, 6) is -1.26. The molecule has 0 aliphatic heterocycles. The molecule has 5 heteroatoms. The van der Waals surface area contributed by atoms with Crippen LogP contribution in [0.4, 0.5) is 0 Å². The lowest BCUT2D eigenvalue weighted by atomic mass is 9.65. The molecule has 6 atom stereocenters. The highest BCUT2D eigenvalue weighted by molar-refractivity contribution is 6.03. The molecule has 0 spiro atoms. The third-order valence-electron chi connectivity index (χ3n) is 7.01. The van der Waals surface area contributed by atoms with E-state index in [0.29, 0.717) is 24.0 Å². The van der Waals surface area contributed by atoms with E-state index in [9.17, 15) is 14.4 Å². The highest BCUT2D eigenvalue weighted by Crippen LogP contribution is 2.53. The molecule has 0 heterocycles. The molecule has 0 N–H and O–H groups in total. The van der Waals surface area contributed by atoms with Crippen LogP contribution in [0, 0.1) is 29.6 Å². The maximum Gasteiger partial charge on any atom is 0.331 e. The van der Waals surface area contributed by atoms with Crippen LogP contribution in [0.1, 0.15) is 67.7 Å². The Kier molecular flexibility index (Phi) is 8.44. The van der Waals surface area contributed by atoms with Gasteiger partial charge in [-0.15, -0.1) is 0 Å². The minimum Gasteiger partial charge on any atom is -0.455 e. The molecule has 0 saturated heterocycles. The molecule has 2 saturated carbocycles. The first-order chi connectivity index (χ1) is 14.6. The molecule has 0 amide bonds. The zero-order valence-electron chi connectivity index (χ0n) is 20.1. The molecule has 2 fully saturated rings. The molecular weight excluding hydrogens is 392 g/mol. The summed E-state index contributed by atoms with van der Waals surface area (Å²) in [6.45, 7) is 17.9. The summed E-state index contributed by atoms with van der Waals surface area (Å²) >= 11 is 0. The highest BCUT2D eigenvalue weighted by atomic mass is 16.6. The van der Waals surface area contributed by atoms with Gasteiger partial charge < -0.3 is 9.47 Å². The highest BCUT2D eigenvalue weighted by Gasteiger charge is 2.57. The summed E-state index contributed by atoms with van der Waals surface area (Å²) in [6, 6.07) is 0. The third-order valence-corrected chi connectivity index (χ3v) is 7.01. The second kappa shape index (κ2) is 10.4. The number of ether oxygens (including phenoxy) is 2. The number of fused-ring (bicyclic) bond motifs is 1. The number of hydrogen-bond acceptors (Lipinski definition) is 5. The molecule has 0 aromatic carbocycles. The van der Waals surface area contributed by atoms with Crippen molar-refractivity contribution >= 4 is 17.7 Å². The van der Waals surface area contributed by atoms with Crippen molar-refractivity contribution in [1.82, 2.24) is 0 Å². The van der Waals surface area contributed by atoms with Crippen molar-refractivity contribution < 1.29 is 23.9 Å². The van der Waals surface area contributed by atoms with Gasteiger partial charge in [-0.1, -0.05) is 52.8 Å². The Balaban J connectivity index is 2.41. The van der Waals surface area contributed by atoms with Crippen molar-refractivity contribution in [2.75, 3.05) is 0 Å². The smallest absolute Gasteiger partial charge is 0.331 e. The molecule has 0 aromatic heterocycles. The van der Waals surface area contributed by atoms with Gasteiger partial charge in [0.1, 0.15) is 6.10 Å². The molecule has 0 unspecified atom stereocenters. The van der Waals surface area contributed by atoms with E-state index < -0.39 is 18.2 Å². The van der Waals surface area contributed by atoms with Crippen molar-refractivity contribution in [1.29, 1.82) is 0 Å². The molecule has 5 nitrogen and oxygen atoms in total. The number of carbonyl (C=O) groups is 3. The van der Waals surface area contributed by atoms with Gasteiger partial charge in [0.05, 0.1) is 5.92 Å². The van der Waals surface area contributed by atoms with Crippen LogP contribution in [-0.2, 0) is 23.9 Å². The van der Waals surface area contributed by atoms with Gasteiger partial charge in [0.15, 0.2) is 11.9 Å². The molecule has 0 bridgehead atoms. The van der Waals surface area contributed by atoms with Crippen molar-refractivity contribution in [3.05, 3.63) is 35.5 Å². The lowest BCUT2D eigenvalue weighted by Gasteiger charge is -2.42. The van der Waals surface area contributed by atoms with E-state index in [1.807, 2.05) is 33.8 Å². The molecule has 2 aliphatic carbocycles. The number of Topliss-reactive ketones (excluding diaryl/α,β-unsaturated/α-hetero) is 1. The summed E-state index contributed by atoms with van der Waals surface area (Å²) in [4.78, 5) is 38.3. The normalized spacial score (nSPS) is 31.0. The minimum absolute atomic E-state index is 0.0809. The summed E-state index contributed by atoms with van der Waals surface area (Å²) in [7, 11) is 0. The van der Waals surface area contributed by atoms with Crippen LogP contribution in [-0.4, -0.2) is 29.9 Å². The molecule has 2 rings (SSSR count). The summed E-state index contributed by atoms with van der Waals surface area (Å²) < 4.78 is 11.6. The van der Waals surface area contributed by atoms with Crippen molar-refractivity contribution in [2.45, 2.75) is 79.9 Å². The Hall–Kier alpha value is -2.17. The second-order valence-electron chi connectivity index (χ2n) is 9.31. The van der Waals surface area contributed by atoms with Gasteiger partial charge in [0.25, 0.3) is 0 Å². The zero-order chi connectivity index (χ0) is 23.5. The van der Waals surface area contributed by atoms with Gasteiger partial charge in [0, 0.05) is 17.9 Å². The van der Waals surface area contributed by atoms with E-state index in [-0.39, 0.29) is 41.3 Å². The van der Waals surface area contributed by atoms with Crippen molar-refractivity contribution in [3.63, 3.8) is 0 Å². The van der Waals surface area contributed by atoms with Crippen LogP contribution in [0.3, 0.4) is 0 Å². The minimum atomic E-state index is -0.902. The average molecular weight is 431 g/mol. The molecule has 31 heavy (non-hydrogen) atoms. The Bertz CT molecular complexity index is 788. The largest absolute Gasteiger partial charge is 0.455 e. The zero-order valence-corrected chi connectivity index (χ0v) is 20.1. The van der Waals surface area contributed by atoms with Crippen molar-refractivity contribution in [3.8, 4) is 0 Å². The number of rotatable bonds is 7. The van der Waals surface area contributed by atoms with Crippen LogP contribution in [0.25, 0.3) is 0 Å². The van der Waals surface area contributed by atoms with E-state index in [1.54, 1.807) is 6.92 Å². The van der Waals surface area contributed by atoms with Gasteiger partial charge in [0.2, 0.25) is 0 Å². The average Bonchev–Trinajstić information content (AvgIpc) is 3.00. The number of esters is 2. The SMILES string of the molecule is C=C1[C@@H]2[C@H](/C(=C\C)C(=O)[C@@H]2OC(=O)[C@H](C)CC)[C@@H](C(C)C)C[C@@H]1OC(=O)/C=C(\C)CC. The first-order valence-electron chi connectivity index (χ1n) is 11.5. The molecule has 0 aromatic rings. The summed E-state index contributed by atoms with van der Waals surface area (Å²) in [5.41, 5.74) is 2.32. The standard InChI is InChI=1S/C26H38O5/c1-9-15(6)12-21(27)30-20-13-19(14(4)5)23-18(11-3)24(28)25(22(23)17(20)8)31-26(29)16(7)10-2/h11-12,14,16,19-20,22-23,25H,8-10,13H2,1-7H3/b15-12+,18-11+/t16-,19-,20+,22-,23-,25-/m1/s1. The van der Waals surface area contributed by atoms with Crippen molar-refractivity contribution in [2.24, 2.45) is 29.6 Å². The van der Waals surface area contributed by atoms with E-state index in [4.69, 9.17) is 9.47 Å². The maximum atomic E-state index is 13.3. The Labute approximate surface area is 186 Å². The van der Waals surface area contributed by atoms with E-state index in [0.717, 1.165) is 12.0 Å². The van der Waals surface area contributed by atoms with Crippen LogP contribution < -0.4 is 0 Å².